The number of nitrogens with zero attached hydrogens (tertiary/aromatic N) is 3. The zero-order valence-electron chi connectivity index (χ0n) is 13.1. The van der Waals surface area contributed by atoms with Crippen LogP contribution in [0.25, 0.3) is 11.4 Å². The minimum atomic E-state index is -1.04. The van der Waals surface area contributed by atoms with E-state index in [0.29, 0.717) is 31.9 Å². The summed E-state index contributed by atoms with van der Waals surface area (Å²) >= 11 is 0. The SMILES string of the molecule is NC(=O)C1(NC(=O)Cn2cnc(-c3ccccc3)n2)CCOCC1. The van der Waals surface area contributed by atoms with Gasteiger partial charge in [-0.25, -0.2) is 9.67 Å². The second-order valence-electron chi connectivity index (χ2n) is 5.74. The zero-order valence-corrected chi connectivity index (χ0v) is 13.1. The molecule has 3 N–H and O–H groups in total. The Hall–Kier alpha value is -2.74. The molecule has 8 heteroatoms. The highest BCUT2D eigenvalue weighted by Gasteiger charge is 2.39. The van der Waals surface area contributed by atoms with E-state index in [4.69, 9.17) is 10.5 Å². The molecule has 1 aliphatic heterocycles. The predicted octanol–water partition coefficient (Wildman–Crippen LogP) is 0.0958. The lowest BCUT2D eigenvalue weighted by molar-refractivity contribution is -0.135. The number of aromatic nitrogens is 3. The van der Waals surface area contributed by atoms with Gasteiger partial charge in [0.25, 0.3) is 0 Å². The number of hydrogen-bond donors (Lipinski definition) is 2. The largest absolute Gasteiger partial charge is 0.381 e. The predicted molar refractivity (Wildman–Crippen MR) is 85.6 cm³/mol. The minimum absolute atomic E-state index is 0.0320. The summed E-state index contributed by atoms with van der Waals surface area (Å²) in [6.45, 7) is 0.755. The zero-order chi connectivity index (χ0) is 17.0. The first-order chi connectivity index (χ1) is 11.6. The number of nitrogens with one attached hydrogen (secondary N) is 1. The Bertz CT molecular complexity index is 722. The first-order valence-corrected chi connectivity index (χ1v) is 7.73. The Morgan fingerprint density at radius 3 is 2.62 bits per heavy atom. The topological polar surface area (TPSA) is 112 Å². The van der Waals surface area contributed by atoms with Crippen LogP contribution in [0.3, 0.4) is 0 Å². The average Bonchev–Trinajstić information content (AvgIpc) is 3.04. The summed E-state index contributed by atoms with van der Waals surface area (Å²) in [6.07, 6.45) is 2.24. The Labute approximate surface area is 139 Å². The van der Waals surface area contributed by atoms with Gasteiger partial charge in [0, 0.05) is 31.6 Å². The molecule has 2 amide bonds. The van der Waals surface area contributed by atoms with Crippen molar-refractivity contribution in [3.63, 3.8) is 0 Å². The summed E-state index contributed by atoms with van der Waals surface area (Å²) in [7, 11) is 0. The van der Waals surface area contributed by atoms with Gasteiger partial charge in [-0.1, -0.05) is 30.3 Å². The molecule has 1 aliphatic rings. The van der Waals surface area contributed by atoms with E-state index in [2.05, 4.69) is 15.4 Å². The van der Waals surface area contributed by atoms with Gasteiger partial charge in [0.2, 0.25) is 11.8 Å². The lowest BCUT2D eigenvalue weighted by Gasteiger charge is -2.34. The summed E-state index contributed by atoms with van der Waals surface area (Å²) in [6, 6.07) is 9.48. The molecule has 2 heterocycles. The lowest BCUT2D eigenvalue weighted by atomic mass is 9.89. The normalized spacial score (nSPS) is 16.5. The van der Waals surface area contributed by atoms with Crippen LogP contribution in [-0.4, -0.2) is 45.3 Å². The molecule has 0 spiro atoms. The monoisotopic (exact) mass is 329 g/mol. The van der Waals surface area contributed by atoms with Crippen molar-refractivity contribution in [2.75, 3.05) is 13.2 Å². The number of benzene rings is 1. The van der Waals surface area contributed by atoms with Crippen molar-refractivity contribution in [3.8, 4) is 11.4 Å². The molecule has 0 atom stereocenters. The maximum absolute atomic E-state index is 12.3. The van der Waals surface area contributed by atoms with Crippen LogP contribution in [0.1, 0.15) is 12.8 Å². The highest BCUT2D eigenvalue weighted by molar-refractivity contribution is 5.90. The number of primary amides is 1. The smallest absolute Gasteiger partial charge is 0.243 e. The molecule has 1 fully saturated rings. The molecule has 8 nitrogen and oxygen atoms in total. The number of amides is 2. The molecule has 0 bridgehead atoms. The highest BCUT2D eigenvalue weighted by atomic mass is 16.5. The van der Waals surface area contributed by atoms with Crippen LogP contribution in [0, 0.1) is 0 Å². The van der Waals surface area contributed by atoms with Gasteiger partial charge in [-0.05, 0) is 0 Å². The van der Waals surface area contributed by atoms with Crippen LogP contribution in [0.5, 0.6) is 0 Å². The fourth-order valence-electron chi connectivity index (χ4n) is 2.70. The van der Waals surface area contributed by atoms with Crippen molar-refractivity contribution in [3.05, 3.63) is 36.7 Å². The Morgan fingerprint density at radius 2 is 1.96 bits per heavy atom. The van der Waals surface area contributed by atoms with Gasteiger partial charge < -0.3 is 15.8 Å². The fraction of sp³-hybridized carbons (Fsp3) is 0.375. The molecule has 126 valence electrons. The van der Waals surface area contributed by atoms with Gasteiger partial charge in [0.05, 0.1) is 0 Å². The summed E-state index contributed by atoms with van der Waals surface area (Å²) in [5, 5.41) is 7.03. The third-order valence-corrected chi connectivity index (χ3v) is 4.07. The van der Waals surface area contributed by atoms with Crippen molar-refractivity contribution < 1.29 is 14.3 Å². The number of nitrogens with two attached hydrogens (primary N) is 1. The lowest BCUT2D eigenvalue weighted by Crippen LogP contribution is -2.60. The van der Waals surface area contributed by atoms with E-state index < -0.39 is 11.4 Å². The molecular weight excluding hydrogens is 310 g/mol. The van der Waals surface area contributed by atoms with Crippen LogP contribution in [0.4, 0.5) is 0 Å². The van der Waals surface area contributed by atoms with Crippen LogP contribution in [0.2, 0.25) is 0 Å². The number of carbonyl (C=O) groups excluding carboxylic acids is 2. The molecule has 1 aromatic carbocycles. The van der Waals surface area contributed by atoms with Gasteiger partial charge in [-0.3, -0.25) is 9.59 Å². The van der Waals surface area contributed by atoms with E-state index >= 15 is 0 Å². The van der Waals surface area contributed by atoms with Crippen LogP contribution >= 0.6 is 0 Å². The van der Waals surface area contributed by atoms with Crippen LogP contribution in [0.15, 0.2) is 36.7 Å². The molecule has 0 aliphatic carbocycles. The van der Waals surface area contributed by atoms with E-state index in [1.807, 2.05) is 30.3 Å². The highest BCUT2D eigenvalue weighted by Crippen LogP contribution is 2.20. The standard InChI is InChI=1S/C16H19N5O3/c17-15(23)16(6-8-24-9-7-16)19-13(22)10-21-11-18-14(20-21)12-4-2-1-3-5-12/h1-5,11H,6-10H2,(H2,17,23)(H,19,22). The van der Waals surface area contributed by atoms with E-state index in [1.165, 1.54) is 11.0 Å². The molecular formula is C16H19N5O3. The first kappa shape index (κ1) is 16.1. The molecule has 3 rings (SSSR count). The van der Waals surface area contributed by atoms with Crippen molar-refractivity contribution in [2.45, 2.75) is 24.9 Å². The molecule has 24 heavy (non-hydrogen) atoms. The molecule has 0 saturated carbocycles. The van der Waals surface area contributed by atoms with Crippen molar-refractivity contribution >= 4 is 11.8 Å². The first-order valence-electron chi connectivity index (χ1n) is 7.73. The molecule has 0 radical (unpaired) electrons. The van der Waals surface area contributed by atoms with Gasteiger partial charge in [-0.2, -0.15) is 5.10 Å². The molecule has 1 saturated heterocycles. The maximum Gasteiger partial charge on any atom is 0.243 e. The van der Waals surface area contributed by atoms with Crippen molar-refractivity contribution in [1.29, 1.82) is 0 Å². The molecule has 2 aromatic rings. The van der Waals surface area contributed by atoms with Gasteiger partial charge >= 0.3 is 0 Å². The summed E-state index contributed by atoms with van der Waals surface area (Å²) in [4.78, 5) is 28.3. The third-order valence-electron chi connectivity index (χ3n) is 4.07. The molecule has 1 aromatic heterocycles. The Balaban J connectivity index is 1.67. The number of rotatable bonds is 5. The summed E-state index contributed by atoms with van der Waals surface area (Å²) < 4.78 is 6.68. The second-order valence-corrected chi connectivity index (χ2v) is 5.74. The van der Waals surface area contributed by atoms with E-state index in [0.717, 1.165) is 5.56 Å². The quantitative estimate of drug-likeness (QED) is 0.808. The van der Waals surface area contributed by atoms with E-state index in [1.54, 1.807) is 0 Å². The van der Waals surface area contributed by atoms with Crippen LogP contribution in [-0.2, 0) is 20.9 Å². The Kier molecular flexibility index (Phi) is 4.57. The Morgan fingerprint density at radius 1 is 1.25 bits per heavy atom. The average molecular weight is 329 g/mol. The number of hydrogen-bond acceptors (Lipinski definition) is 5. The van der Waals surface area contributed by atoms with E-state index in [-0.39, 0.29) is 12.5 Å². The number of carbonyl (C=O) groups is 2. The van der Waals surface area contributed by atoms with Crippen molar-refractivity contribution in [1.82, 2.24) is 20.1 Å². The fourth-order valence-corrected chi connectivity index (χ4v) is 2.70. The summed E-state index contributed by atoms with van der Waals surface area (Å²) in [5.41, 5.74) is 5.31. The van der Waals surface area contributed by atoms with Gasteiger partial charge in [0.1, 0.15) is 18.4 Å². The van der Waals surface area contributed by atoms with Crippen LogP contribution < -0.4 is 11.1 Å². The number of ether oxygens (including phenoxy) is 1. The van der Waals surface area contributed by atoms with Gasteiger partial charge in [0.15, 0.2) is 5.82 Å². The molecule has 0 unspecified atom stereocenters. The third kappa shape index (κ3) is 3.43. The summed E-state index contributed by atoms with van der Waals surface area (Å²) in [5.74, 6) is -0.331. The second kappa shape index (κ2) is 6.79. The maximum atomic E-state index is 12.3. The van der Waals surface area contributed by atoms with E-state index in [9.17, 15) is 9.59 Å². The van der Waals surface area contributed by atoms with Gasteiger partial charge in [-0.15, -0.1) is 0 Å². The van der Waals surface area contributed by atoms with Crippen molar-refractivity contribution in [2.24, 2.45) is 5.73 Å². The minimum Gasteiger partial charge on any atom is -0.381 e.